The largest absolute Gasteiger partial charge is 0.393 e. The van der Waals surface area contributed by atoms with Gasteiger partial charge >= 0.3 is 0 Å². The Bertz CT molecular complexity index is 522. The van der Waals surface area contributed by atoms with Gasteiger partial charge in [-0.15, -0.1) is 0 Å². The van der Waals surface area contributed by atoms with Crippen LogP contribution in [0.2, 0.25) is 0 Å². The lowest BCUT2D eigenvalue weighted by Gasteiger charge is -2.01. The van der Waals surface area contributed by atoms with Crippen LogP contribution in [0.3, 0.4) is 0 Å². The number of nitrogens with zero attached hydrogens (tertiary/aromatic N) is 4. The van der Waals surface area contributed by atoms with Crippen molar-refractivity contribution in [3.8, 4) is 11.9 Å². The van der Waals surface area contributed by atoms with Gasteiger partial charge in [0.1, 0.15) is 11.8 Å². The van der Waals surface area contributed by atoms with Gasteiger partial charge in [0.2, 0.25) is 0 Å². The molecule has 0 spiro atoms. The van der Waals surface area contributed by atoms with Crippen molar-refractivity contribution in [2.75, 3.05) is 11.5 Å². The summed E-state index contributed by atoms with van der Waals surface area (Å²) in [7, 11) is 0. The lowest BCUT2D eigenvalue weighted by atomic mass is 10.4. The summed E-state index contributed by atoms with van der Waals surface area (Å²) < 4.78 is 1.34. The number of hydrogen-bond acceptors (Lipinski definition) is 5. The zero-order valence-electron chi connectivity index (χ0n) is 7.75. The molecule has 0 aliphatic heterocycles. The van der Waals surface area contributed by atoms with E-state index in [1.807, 2.05) is 6.07 Å². The molecule has 0 saturated carbocycles. The number of hydrogen-bond donors (Lipinski definition) is 2. The molecule has 6 heteroatoms. The van der Waals surface area contributed by atoms with Crippen LogP contribution >= 0.6 is 0 Å². The molecule has 2 aromatic rings. The molecule has 0 fully saturated rings. The Morgan fingerprint density at radius 2 is 2.13 bits per heavy atom. The zero-order valence-corrected chi connectivity index (χ0v) is 7.75. The van der Waals surface area contributed by atoms with Gasteiger partial charge in [0.15, 0.2) is 17.3 Å². The highest BCUT2D eigenvalue weighted by Gasteiger charge is 2.13. The van der Waals surface area contributed by atoms with Crippen LogP contribution in [0.4, 0.5) is 11.5 Å². The van der Waals surface area contributed by atoms with Gasteiger partial charge < -0.3 is 11.5 Å². The van der Waals surface area contributed by atoms with Gasteiger partial charge in [-0.2, -0.15) is 15.0 Å². The number of nitrogen functional groups attached to an aromatic ring is 2. The molecule has 0 radical (unpaired) electrons. The Kier molecular flexibility index (Phi) is 1.99. The summed E-state index contributed by atoms with van der Waals surface area (Å²) in [6.45, 7) is 0. The van der Waals surface area contributed by atoms with Gasteiger partial charge in [-0.3, -0.25) is 0 Å². The lowest BCUT2D eigenvalue weighted by molar-refractivity contribution is 0.851. The first-order valence-electron chi connectivity index (χ1n) is 4.19. The average molecular weight is 200 g/mol. The minimum atomic E-state index is 0.109. The van der Waals surface area contributed by atoms with Gasteiger partial charge in [0, 0.05) is 6.20 Å². The van der Waals surface area contributed by atoms with E-state index in [1.54, 1.807) is 24.4 Å². The second kappa shape index (κ2) is 3.31. The standard InChI is InChI=1S/C9H8N6/c10-5-6-8(11)9(12)15(14-6)7-3-1-2-4-13-7/h1-4H,11-12H2. The van der Waals surface area contributed by atoms with E-state index in [1.165, 1.54) is 4.68 Å². The smallest absolute Gasteiger partial charge is 0.188 e. The van der Waals surface area contributed by atoms with Crippen LogP contribution in [0.1, 0.15) is 5.69 Å². The molecule has 0 bridgehead atoms. The first-order chi connectivity index (χ1) is 7.24. The highest BCUT2D eigenvalue weighted by atomic mass is 15.3. The zero-order chi connectivity index (χ0) is 10.8. The molecular formula is C9H8N6. The second-order valence-electron chi connectivity index (χ2n) is 2.86. The predicted molar refractivity (Wildman–Crippen MR) is 54.9 cm³/mol. The van der Waals surface area contributed by atoms with Crippen molar-refractivity contribution >= 4 is 11.5 Å². The molecular weight excluding hydrogens is 192 g/mol. The van der Waals surface area contributed by atoms with Crippen molar-refractivity contribution in [2.24, 2.45) is 0 Å². The van der Waals surface area contributed by atoms with Crippen LogP contribution in [0, 0.1) is 11.3 Å². The Morgan fingerprint density at radius 3 is 2.67 bits per heavy atom. The van der Waals surface area contributed by atoms with Crippen LogP contribution in [0.15, 0.2) is 24.4 Å². The average Bonchev–Trinajstić information content (AvgIpc) is 2.57. The van der Waals surface area contributed by atoms with Gasteiger partial charge in [0.25, 0.3) is 0 Å². The monoisotopic (exact) mass is 200 g/mol. The van der Waals surface area contributed by atoms with Crippen LogP contribution < -0.4 is 11.5 Å². The van der Waals surface area contributed by atoms with Gasteiger partial charge in [-0.1, -0.05) is 6.07 Å². The first-order valence-corrected chi connectivity index (χ1v) is 4.19. The summed E-state index contributed by atoms with van der Waals surface area (Å²) in [6.07, 6.45) is 1.61. The van der Waals surface area contributed by atoms with Crippen molar-refractivity contribution < 1.29 is 0 Å². The number of nitrogens with two attached hydrogens (primary N) is 2. The molecule has 4 N–H and O–H groups in total. The fourth-order valence-corrected chi connectivity index (χ4v) is 1.18. The fraction of sp³-hybridized carbons (Fsp3) is 0. The molecule has 0 unspecified atom stereocenters. The van der Waals surface area contributed by atoms with E-state index in [4.69, 9.17) is 16.7 Å². The van der Waals surface area contributed by atoms with Gasteiger partial charge in [0.05, 0.1) is 0 Å². The number of pyridine rings is 1. The summed E-state index contributed by atoms with van der Waals surface area (Å²) in [5, 5.41) is 12.7. The van der Waals surface area contributed by atoms with Crippen LogP contribution in [-0.4, -0.2) is 14.8 Å². The highest BCUT2D eigenvalue weighted by Crippen LogP contribution is 2.21. The molecule has 0 amide bonds. The molecule has 0 aliphatic carbocycles. The van der Waals surface area contributed by atoms with Crippen molar-refractivity contribution in [3.05, 3.63) is 30.1 Å². The minimum absolute atomic E-state index is 0.109. The molecule has 0 aliphatic rings. The molecule has 0 aromatic carbocycles. The van der Waals surface area contributed by atoms with Crippen molar-refractivity contribution in [1.82, 2.24) is 14.8 Å². The molecule has 0 saturated heterocycles. The Morgan fingerprint density at radius 1 is 1.33 bits per heavy atom. The van der Waals surface area contributed by atoms with Gasteiger partial charge in [-0.25, -0.2) is 4.98 Å². The molecule has 74 valence electrons. The minimum Gasteiger partial charge on any atom is -0.393 e. The summed E-state index contributed by atoms with van der Waals surface area (Å²) in [5.74, 6) is 0.758. The predicted octanol–water partition coefficient (Wildman–Crippen LogP) is 0.303. The summed E-state index contributed by atoms with van der Waals surface area (Å²) in [5.41, 5.74) is 11.6. The number of anilines is 2. The Balaban J connectivity index is 2.61. The van der Waals surface area contributed by atoms with Crippen LogP contribution in [0.5, 0.6) is 0 Å². The van der Waals surface area contributed by atoms with E-state index < -0.39 is 0 Å². The normalized spacial score (nSPS) is 9.80. The molecule has 2 rings (SSSR count). The maximum Gasteiger partial charge on any atom is 0.188 e. The van der Waals surface area contributed by atoms with E-state index in [0.29, 0.717) is 5.82 Å². The van der Waals surface area contributed by atoms with E-state index >= 15 is 0 Å². The summed E-state index contributed by atoms with van der Waals surface area (Å²) >= 11 is 0. The third-order valence-corrected chi connectivity index (χ3v) is 1.93. The molecule has 15 heavy (non-hydrogen) atoms. The third-order valence-electron chi connectivity index (χ3n) is 1.93. The molecule has 2 heterocycles. The highest BCUT2D eigenvalue weighted by molar-refractivity contribution is 5.67. The maximum atomic E-state index is 8.72. The number of rotatable bonds is 1. The molecule has 0 atom stereocenters. The van der Waals surface area contributed by atoms with Crippen LogP contribution in [-0.2, 0) is 0 Å². The van der Waals surface area contributed by atoms with Crippen molar-refractivity contribution in [1.29, 1.82) is 5.26 Å². The summed E-state index contributed by atoms with van der Waals surface area (Å²) in [6, 6.07) is 7.16. The third kappa shape index (κ3) is 1.36. The van der Waals surface area contributed by atoms with Crippen molar-refractivity contribution in [3.63, 3.8) is 0 Å². The quantitative estimate of drug-likeness (QED) is 0.688. The Hall–Kier alpha value is -2.55. The van der Waals surface area contributed by atoms with E-state index in [-0.39, 0.29) is 17.2 Å². The first kappa shape index (κ1) is 9.02. The topological polar surface area (TPSA) is 107 Å². The van der Waals surface area contributed by atoms with E-state index in [0.717, 1.165) is 0 Å². The van der Waals surface area contributed by atoms with Gasteiger partial charge in [-0.05, 0) is 12.1 Å². The summed E-state index contributed by atoms with van der Waals surface area (Å²) in [4.78, 5) is 4.05. The maximum absolute atomic E-state index is 8.72. The SMILES string of the molecule is N#Cc1nn(-c2ccccn2)c(N)c1N. The van der Waals surface area contributed by atoms with Crippen LogP contribution in [0.25, 0.3) is 5.82 Å². The molecule has 2 aromatic heterocycles. The Labute approximate surface area is 85.8 Å². The lowest BCUT2D eigenvalue weighted by Crippen LogP contribution is -2.04. The van der Waals surface area contributed by atoms with Crippen molar-refractivity contribution in [2.45, 2.75) is 0 Å². The number of nitriles is 1. The molecule has 6 nitrogen and oxygen atoms in total. The fourth-order valence-electron chi connectivity index (χ4n) is 1.18. The second-order valence-corrected chi connectivity index (χ2v) is 2.86. The number of aromatic nitrogens is 3. The van der Waals surface area contributed by atoms with E-state index in [2.05, 4.69) is 10.1 Å². The van der Waals surface area contributed by atoms with E-state index in [9.17, 15) is 0 Å².